The lowest BCUT2D eigenvalue weighted by Gasteiger charge is -2.28. The minimum atomic E-state index is -2.07. The number of carboxylic acids is 1. The van der Waals surface area contributed by atoms with Gasteiger partial charge in [-0.2, -0.15) is 0 Å². The molecular formula is C14H19NO4. The summed E-state index contributed by atoms with van der Waals surface area (Å²) >= 11 is 0. The largest absolute Gasteiger partial charge is 0.479 e. The molecule has 1 atom stereocenters. The van der Waals surface area contributed by atoms with Gasteiger partial charge in [-0.15, -0.1) is 0 Å². The second-order valence-electron chi connectivity index (χ2n) is 5.44. The molecule has 0 spiro atoms. The van der Waals surface area contributed by atoms with Gasteiger partial charge in [-0.05, 0) is 26.3 Å². The molecule has 0 aliphatic carbocycles. The molecule has 104 valence electrons. The van der Waals surface area contributed by atoms with E-state index in [1.807, 2.05) is 0 Å². The van der Waals surface area contributed by atoms with Gasteiger partial charge in [-0.3, -0.25) is 0 Å². The number of ether oxygens (including phenoxy) is 1. The maximum atomic E-state index is 12.0. The molecule has 0 heterocycles. The Hall–Kier alpha value is -1.88. The van der Waals surface area contributed by atoms with Crippen LogP contribution >= 0.6 is 0 Å². The van der Waals surface area contributed by atoms with Crippen molar-refractivity contribution in [3.8, 4) is 0 Å². The zero-order valence-electron chi connectivity index (χ0n) is 11.3. The number of carboxylic acid groups (broad SMARTS) is 1. The Bertz CT molecular complexity index is 464. The number of rotatable bonds is 4. The van der Waals surface area contributed by atoms with E-state index in [1.165, 1.54) is 0 Å². The van der Waals surface area contributed by atoms with Crippen LogP contribution in [0.2, 0.25) is 0 Å². The third kappa shape index (κ3) is 4.06. The Morgan fingerprint density at radius 2 is 1.74 bits per heavy atom. The lowest BCUT2D eigenvalue weighted by atomic mass is 9.91. The highest BCUT2D eigenvalue weighted by atomic mass is 16.6. The Morgan fingerprint density at radius 3 is 2.16 bits per heavy atom. The number of hydrogen-bond donors (Lipinski definition) is 2. The van der Waals surface area contributed by atoms with Crippen LogP contribution in [0.3, 0.4) is 0 Å². The summed E-state index contributed by atoms with van der Waals surface area (Å²) in [4.78, 5) is 23.3. The van der Waals surface area contributed by atoms with Crippen LogP contribution in [0.1, 0.15) is 26.3 Å². The maximum Gasteiger partial charge on any atom is 0.338 e. The number of hydrogen-bond acceptors (Lipinski definition) is 4. The summed E-state index contributed by atoms with van der Waals surface area (Å²) < 4.78 is 5.09. The first kappa shape index (κ1) is 15.2. The molecule has 1 aromatic carbocycles. The van der Waals surface area contributed by atoms with E-state index in [0.29, 0.717) is 5.56 Å². The van der Waals surface area contributed by atoms with Crippen LogP contribution in [0.25, 0.3) is 0 Å². The van der Waals surface area contributed by atoms with Crippen molar-refractivity contribution in [2.24, 2.45) is 5.73 Å². The van der Waals surface area contributed by atoms with Gasteiger partial charge in [0.25, 0.3) is 0 Å². The monoisotopic (exact) mass is 265 g/mol. The van der Waals surface area contributed by atoms with E-state index in [-0.39, 0.29) is 6.42 Å². The highest BCUT2D eigenvalue weighted by Crippen LogP contribution is 2.18. The number of carbonyl (C=O) groups excluding carboxylic acids is 1. The predicted molar refractivity (Wildman–Crippen MR) is 70.5 cm³/mol. The summed E-state index contributed by atoms with van der Waals surface area (Å²) in [5.74, 6) is -2.33. The van der Waals surface area contributed by atoms with Crippen LogP contribution in [-0.2, 0) is 20.7 Å². The molecule has 0 aliphatic heterocycles. The molecule has 0 saturated carbocycles. The minimum absolute atomic E-state index is 0.113. The summed E-state index contributed by atoms with van der Waals surface area (Å²) in [5, 5.41) is 9.24. The van der Waals surface area contributed by atoms with E-state index in [2.05, 4.69) is 0 Å². The first-order chi connectivity index (χ1) is 8.65. The van der Waals surface area contributed by atoms with Gasteiger partial charge in [0.15, 0.2) is 0 Å². The van der Waals surface area contributed by atoms with Gasteiger partial charge in [0.05, 0.1) is 0 Å². The molecule has 19 heavy (non-hydrogen) atoms. The van der Waals surface area contributed by atoms with Crippen LogP contribution in [0.15, 0.2) is 30.3 Å². The summed E-state index contributed by atoms with van der Waals surface area (Å²) in [6, 6.07) is 8.75. The lowest BCUT2D eigenvalue weighted by Crippen LogP contribution is -2.58. The van der Waals surface area contributed by atoms with Gasteiger partial charge < -0.3 is 15.6 Å². The van der Waals surface area contributed by atoms with Crippen molar-refractivity contribution in [1.82, 2.24) is 0 Å². The van der Waals surface area contributed by atoms with Gasteiger partial charge in [0.2, 0.25) is 5.54 Å². The topological polar surface area (TPSA) is 89.6 Å². The number of esters is 1. The number of nitrogens with two attached hydrogens (primary N) is 1. The van der Waals surface area contributed by atoms with Crippen molar-refractivity contribution in [3.63, 3.8) is 0 Å². The molecule has 0 bridgehead atoms. The Kier molecular flexibility index (Phi) is 4.32. The maximum absolute atomic E-state index is 12.0. The molecule has 5 nitrogen and oxygen atoms in total. The van der Waals surface area contributed by atoms with Crippen molar-refractivity contribution in [2.45, 2.75) is 38.3 Å². The van der Waals surface area contributed by atoms with E-state index in [9.17, 15) is 14.7 Å². The molecule has 0 saturated heterocycles. The van der Waals surface area contributed by atoms with E-state index in [0.717, 1.165) is 0 Å². The summed E-state index contributed by atoms with van der Waals surface area (Å²) in [6.45, 7) is 4.99. The average Bonchev–Trinajstić information content (AvgIpc) is 2.27. The van der Waals surface area contributed by atoms with E-state index >= 15 is 0 Å². The van der Waals surface area contributed by atoms with Crippen molar-refractivity contribution >= 4 is 11.9 Å². The zero-order valence-corrected chi connectivity index (χ0v) is 11.3. The fourth-order valence-electron chi connectivity index (χ4n) is 1.52. The molecule has 1 rings (SSSR count). The Labute approximate surface area is 112 Å². The molecule has 1 aromatic rings. The van der Waals surface area contributed by atoms with Crippen molar-refractivity contribution in [3.05, 3.63) is 35.9 Å². The molecule has 0 aliphatic rings. The van der Waals surface area contributed by atoms with Crippen LogP contribution in [0.5, 0.6) is 0 Å². The fraction of sp³-hybridized carbons (Fsp3) is 0.429. The van der Waals surface area contributed by atoms with Crippen LogP contribution in [-0.4, -0.2) is 28.2 Å². The predicted octanol–water partition coefficient (Wildman–Crippen LogP) is 1.35. The molecule has 1 unspecified atom stereocenters. The van der Waals surface area contributed by atoms with Crippen LogP contribution < -0.4 is 5.73 Å². The summed E-state index contributed by atoms with van der Waals surface area (Å²) in [6.07, 6.45) is -0.113. The van der Waals surface area contributed by atoms with Gasteiger partial charge in [-0.25, -0.2) is 9.59 Å². The normalized spacial score (nSPS) is 14.5. The molecule has 0 aromatic heterocycles. The average molecular weight is 265 g/mol. The van der Waals surface area contributed by atoms with Crippen molar-refractivity contribution < 1.29 is 19.4 Å². The van der Waals surface area contributed by atoms with E-state index in [4.69, 9.17) is 10.5 Å². The van der Waals surface area contributed by atoms with E-state index < -0.39 is 23.1 Å². The summed E-state index contributed by atoms with van der Waals surface area (Å²) in [7, 11) is 0. The van der Waals surface area contributed by atoms with Gasteiger partial charge in [0.1, 0.15) is 5.60 Å². The van der Waals surface area contributed by atoms with Crippen molar-refractivity contribution in [1.29, 1.82) is 0 Å². The lowest BCUT2D eigenvalue weighted by molar-refractivity contribution is -0.169. The van der Waals surface area contributed by atoms with Crippen LogP contribution in [0, 0.1) is 0 Å². The second kappa shape index (κ2) is 5.40. The van der Waals surface area contributed by atoms with Crippen LogP contribution in [0.4, 0.5) is 0 Å². The fourth-order valence-corrected chi connectivity index (χ4v) is 1.52. The minimum Gasteiger partial charge on any atom is -0.479 e. The third-order valence-electron chi connectivity index (χ3n) is 2.47. The smallest absolute Gasteiger partial charge is 0.338 e. The Balaban J connectivity index is 2.98. The highest BCUT2D eigenvalue weighted by molar-refractivity contribution is 6.04. The number of aliphatic carboxylic acids is 1. The Morgan fingerprint density at radius 1 is 1.21 bits per heavy atom. The molecule has 0 radical (unpaired) electrons. The quantitative estimate of drug-likeness (QED) is 0.633. The first-order valence-corrected chi connectivity index (χ1v) is 5.95. The van der Waals surface area contributed by atoms with Gasteiger partial charge in [-0.1, -0.05) is 30.3 Å². The second-order valence-corrected chi connectivity index (χ2v) is 5.44. The zero-order chi connectivity index (χ0) is 14.7. The molecule has 3 N–H and O–H groups in total. The summed E-state index contributed by atoms with van der Waals surface area (Å²) in [5.41, 5.74) is 3.56. The number of carbonyl (C=O) groups is 2. The standard InChI is InChI=1S/C14H19NO4/c1-13(2,3)19-12(18)14(15,11(16)17)9-10-7-5-4-6-8-10/h4-8H,9,15H2,1-3H3,(H,16,17). The highest BCUT2D eigenvalue weighted by Gasteiger charge is 2.45. The third-order valence-corrected chi connectivity index (χ3v) is 2.47. The number of benzene rings is 1. The molecule has 0 fully saturated rings. The molecule has 0 amide bonds. The molecular weight excluding hydrogens is 246 g/mol. The van der Waals surface area contributed by atoms with E-state index in [1.54, 1.807) is 51.1 Å². The van der Waals surface area contributed by atoms with Gasteiger partial charge in [0, 0.05) is 6.42 Å². The first-order valence-electron chi connectivity index (χ1n) is 5.95. The molecule has 5 heteroatoms. The SMILES string of the molecule is CC(C)(C)OC(=O)C(N)(Cc1ccccc1)C(=O)O. The van der Waals surface area contributed by atoms with Gasteiger partial charge >= 0.3 is 11.9 Å². The van der Waals surface area contributed by atoms with Crippen molar-refractivity contribution in [2.75, 3.05) is 0 Å².